The van der Waals surface area contributed by atoms with Gasteiger partial charge in [-0.15, -0.1) is 10.2 Å². The molecule has 0 fully saturated rings. The lowest BCUT2D eigenvalue weighted by atomic mass is 10.0. The SMILES string of the molecule is Cc1ccc(CCc2ccc(-c3nnc(C)o3)cc2)cc1. The van der Waals surface area contributed by atoms with Crippen LogP contribution in [0.3, 0.4) is 0 Å². The molecular formula is C18H18N2O. The van der Waals surface area contributed by atoms with Crippen molar-refractivity contribution in [1.29, 1.82) is 0 Å². The zero-order valence-corrected chi connectivity index (χ0v) is 12.3. The van der Waals surface area contributed by atoms with Gasteiger partial charge in [0.15, 0.2) is 0 Å². The number of benzene rings is 2. The third-order valence-electron chi connectivity index (χ3n) is 3.55. The monoisotopic (exact) mass is 278 g/mol. The maximum atomic E-state index is 5.43. The molecule has 0 aliphatic rings. The Kier molecular flexibility index (Phi) is 3.82. The predicted molar refractivity (Wildman–Crippen MR) is 83.1 cm³/mol. The third-order valence-corrected chi connectivity index (χ3v) is 3.55. The summed E-state index contributed by atoms with van der Waals surface area (Å²) >= 11 is 0. The average Bonchev–Trinajstić information content (AvgIpc) is 2.94. The van der Waals surface area contributed by atoms with Crippen LogP contribution in [0.15, 0.2) is 52.9 Å². The molecule has 0 radical (unpaired) electrons. The van der Waals surface area contributed by atoms with Crippen molar-refractivity contribution < 1.29 is 4.42 Å². The van der Waals surface area contributed by atoms with Crippen LogP contribution in [0.25, 0.3) is 11.5 Å². The fourth-order valence-electron chi connectivity index (χ4n) is 2.27. The summed E-state index contributed by atoms with van der Waals surface area (Å²) in [7, 11) is 0. The van der Waals surface area contributed by atoms with Crippen LogP contribution in [-0.2, 0) is 12.8 Å². The normalized spacial score (nSPS) is 10.8. The van der Waals surface area contributed by atoms with Crippen molar-refractivity contribution in [3.8, 4) is 11.5 Å². The van der Waals surface area contributed by atoms with Gasteiger partial charge in [0.05, 0.1) is 0 Å². The Bertz CT molecular complexity index is 712. The first-order chi connectivity index (χ1) is 10.2. The van der Waals surface area contributed by atoms with Crippen molar-refractivity contribution in [2.24, 2.45) is 0 Å². The second kappa shape index (κ2) is 5.92. The van der Waals surface area contributed by atoms with E-state index in [1.807, 2.05) is 12.1 Å². The predicted octanol–water partition coefficient (Wildman–Crippen LogP) is 4.14. The first-order valence-corrected chi connectivity index (χ1v) is 7.16. The van der Waals surface area contributed by atoms with Gasteiger partial charge in [-0.3, -0.25) is 0 Å². The first-order valence-electron chi connectivity index (χ1n) is 7.16. The lowest BCUT2D eigenvalue weighted by Gasteiger charge is -2.03. The van der Waals surface area contributed by atoms with Crippen LogP contribution in [0.5, 0.6) is 0 Å². The second-order valence-electron chi connectivity index (χ2n) is 5.31. The van der Waals surface area contributed by atoms with Gasteiger partial charge in [-0.05, 0) is 43.0 Å². The number of aryl methyl sites for hydroxylation is 4. The molecule has 3 nitrogen and oxygen atoms in total. The molecule has 0 aliphatic heterocycles. The molecule has 1 aromatic heterocycles. The topological polar surface area (TPSA) is 38.9 Å². The molecule has 2 aromatic carbocycles. The largest absolute Gasteiger partial charge is 0.421 e. The highest BCUT2D eigenvalue weighted by molar-refractivity contribution is 5.53. The Morgan fingerprint density at radius 2 is 1.33 bits per heavy atom. The minimum absolute atomic E-state index is 0.581. The Hall–Kier alpha value is -2.42. The smallest absolute Gasteiger partial charge is 0.247 e. The van der Waals surface area contributed by atoms with Gasteiger partial charge in [-0.1, -0.05) is 42.0 Å². The molecule has 0 saturated carbocycles. The molecule has 3 aromatic rings. The van der Waals surface area contributed by atoms with Crippen molar-refractivity contribution in [2.75, 3.05) is 0 Å². The molecule has 0 amide bonds. The lowest BCUT2D eigenvalue weighted by molar-refractivity contribution is 0.533. The summed E-state index contributed by atoms with van der Waals surface area (Å²) < 4.78 is 5.43. The summed E-state index contributed by atoms with van der Waals surface area (Å²) in [5.41, 5.74) is 4.96. The van der Waals surface area contributed by atoms with Crippen molar-refractivity contribution >= 4 is 0 Å². The van der Waals surface area contributed by atoms with Crippen LogP contribution < -0.4 is 0 Å². The van der Waals surface area contributed by atoms with Gasteiger partial charge in [-0.25, -0.2) is 0 Å². The van der Waals surface area contributed by atoms with E-state index < -0.39 is 0 Å². The van der Waals surface area contributed by atoms with E-state index in [0.29, 0.717) is 11.8 Å². The van der Waals surface area contributed by atoms with Crippen LogP contribution in [0.1, 0.15) is 22.6 Å². The van der Waals surface area contributed by atoms with Gasteiger partial charge < -0.3 is 4.42 Å². The summed E-state index contributed by atoms with van der Waals surface area (Å²) in [6.45, 7) is 3.91. The van der Waals surface area contributed by atoms with Crippen LogP contribution in [0.2, 0.25) is 0 Å². The van der Waals surface area contributed by atoms with Gasteiger partial charge in [0.1, 0.15) is 0 Å². The van der Waals surface area contributed by atoms with Crippen molar-refractivity contribution in [3.63, 3.8) is 0 Å². The van der Waals surface area contributed by atoms with Crippen LogP contribution in [-0.4, -0.2) is 10.2 Å². The van der Waals surface area contributed by atoms with Gasteiger partial charge in [0.2, 0.25) is 11.8 Å². The Morgan fingerprint density at radius 1 is 0.762 bits per heavy atom. The van der Waals surface area contributed by atoms with Gasteiger partial charge in [-0.2, -0.15) is 0 Å². The van der Waals surface area contributed by atoms with Gasteiger partial charge >= 0.3 is 0 Å². The summed E-state index contributed by atoms with van der Waals surface area (Å²) in [6.07, 6.45) is 2.09. The number of rotatable bonds is 4. The molecule has 3 rings (SSSR count). The molecule has 0 saturated heterocycles. The third kappa shape index (κ3) is 3.37. The minimum atomic E-state index is 0.581. The van der Waals surface area contributed by atoms with E-state index in [-0.39, 0.29) is 0 Å². The molecule has 0 N–H and O–H groups in total. The second-order valence-corrected chi connectivity index (χ2v) is 5.31. The summed E-state index contributed by atoms with van der Waals surface area (Å²) in [6, 6.07) is 17.1. The summed E-state index contributed by atoms with van der Waals surface area (Å²) in [4.78, 5) is 0. The summed E-state index contributed by atoms with van der Waals surface area (Å²) in [5.74, 6) is 1.17. The quantitative estimate of drug-likeness (QED) is 0.720. The molecule has 1 heterocycles. The highest BCUT2D eigenvalue weighted by Gasteiger charge is 2.05. The zero-order chi connectivity index (χ0) is 14.7. The van der Waals surface area contributed by atoms with E-state index in [2.05, 4.69) is 53.5 Å². The maximum Gasteiger partial charge on any atom is 0.247 e. The highest BCUT2D eigenvalue weighted by Crippen LogP contribution is 2.19. The molecule has 0 unspecified atom stereocenters. The van der Waals surface area contributed by atoms with Gasteiger partial charge in [0, 0.05) is 12.5 Å². The Balaban J connectivity index is 1.65. The highest BCUT2D eigenvalue weighted by atomic mass is 16.4. The van der Waals surface area contributed by atoms with Gasteiger partial charge in [0.25, 0.3) is 0 Å². The number of hydrogen-bond acceptors (Lipinski definition) is 3. The van der Waals surface area contributed by atoms with Crippen LogP contribution in [0, 0.1) is 13.8 Å². The average molecular weight is 278 g/mol. The van der Waals surface area contributed by atoms with Crippen molar-refractivity contribution in [1.82, 2.24) is 10.2 Å². The molecule has 3 heteroatoms. The minimum Gasteiger partial charge on any atom is -0.421 e. The summed E-state index contributed by atoms with van der Waals surface area (Å²) in [5, 5.41) is 7.88. The molecular weight excluding hydrogens is 260 g/mol. The fraction of sp³-hybridized carbons (Fsp3) is 0.222. The standard InChI is InChI=1S/C18H18N2O/c1-13-3-5-15(6-4-13)7-8-16-9-11-17(12-10-16)18-20-19-14(2)21-18/h3-6,9-12H,7-8H2,1-2H3. The maximum absolute atomic E-state index is 5.43. The molecule has 0 atom stereocenters. The Morgan fingerprint density at radius 3 is 1.86 bits per heavy atom. The van der Waals surface area contributed by atoms with E-state index in [9.17, 15) is 0 Å². The molecule has 21 heavy (non-hydrogen) atoms. The number of nitrogens with zero attached hydrogens (tertiary/aromatic N) is 2. The lowest BCUT2D eigenvalue weighted by Crippen LogP contribution is -1.91. The molecule has 0 aliphatic carbocycles. The molecule has 0 bridgehead atoms. The van der Waals surface area contributed by atoms with Crippen molar-refractivity contribution in [2.45, 2.75) is 26.7 Å². The van der Waals surface area contributed by atoms with E-state index >= 15 is 0 Å². The molecule has 106 valence electrons. The van der Waals surface area contributed by atoms with E-state index in [1.165, 1.54) is 16.7 Å². The Labute approximate surface area is 124 Å². The number of hydrogen-bond donors (Lipinski definition) is 0. The van der Waals surface area contributed by atoms with Crippen molar-refractivity contribution in [3.05, 3.63) is 71.1 Å². The van der Waals surface area contributed by atoms with E-state index in [4.69, 9.17) is 4.42 Å². The van der Waals surface area contributed by atoms with Crippen LogP contribution in [0.4, 0.5) is 0 Å². The fourth-order valence-corrected chi connectivity index (χ4v) is 2.27. The molecule has 0 spiro atoms. The van der Waals surface area contributed by atoms with E-state index in [1.54, 1.807) is 6.92 Å². The number of aromatic nitrogens is 2. The first kappa shape index (κ1) is 13.6. The zero-order valence-electron chi connectivity index (χ0n) is 12.3. The van der Waals surface area contributed by atoms with E-state index in [0.717, 1.165) is 18.4 Å². The van der Waals surface area contributed by atoms with Crippen LogP contribution >= 0.6 is 0 Å².